The van der Waals surface area contributed by atoms with Crippen molar-refractivity contribution in [3.05, 3.63) is 28.2 Å². The molecule has 0 unspecified atom stereocenters. The van der Waals surface area contributed by atoms with Gasteiger partial charge >= 0.3 is 0 Å². The second-order valence-electron chi connectivity index (χ2n) is 7.81. The van der Waals surface area contributed by atoms with E-state index in [1.165, 1.54) is 7.11 Å². The number of hydrogen-bond donors (Lipinski definition) is 1. The number of unbranched alkanes of at least 4 members (excludes halogenated alkanes) is 1. The molecule has 1 N–H and O–H groups in total. The van der Waals surface area contributed by atoms with Gasteiger partial charge in [0.05, 0.1) is 43.9 Å². The zero-order valence-electron chi connectivity index (χ0n) is 17.2. The number of ether oxygens (including phenoxy) is 3. The number of hydrogen-bond acceptors (Lipinski definition) is 5. The molecule has 0 aliphatic carbocycles. The molecule has 0 spiro atoms. The third-order valence-corrected chi connectivity index (χ3v) is 4.36. The molecule has 0 aliphatic heterocycles. The van der Waals surface area contributed by atoms with Crippen molar-refractivity contribution < 1.29 is 19.3 Å². The lowest BCUT2D eigenvalue weighted by Gasteiger charge is -2.25. The average molecular weight is 377 g/mol. The van der Waals surface area contributed by atoms with Gasteiger partial charge in [0.2, 0.25) is 0 Å². The van der Waals surface area contributed by atoms with Crippen LogP contribution in [0.5, 0.6) is 17.2 Å². The molecule has 0 fully saturated rings. The van der Waals surface area contributed by atoms with Crippen LogP contribution in [0.3, 0.4) is 0 Å². The monoisotopic (exact) mass is 377 g/mol. The van der Waals surface area contributed by atoms with Gasteiger partial charge < -0.3 is 23.9 Å². The molecule has 1 heterocycles. The van der Waals surface area contributed by atoms with Crippen LogP contribution in [0.4, 0.5) is 0 Å². The fraction of sp³-hybridized carbons (Fsp3) is 0.571. The van der Waals surface area contributed by atoms with Gasteiger partial charge in [-0.1, -0.05) is 34.1 Å². The number of pyridine rings is 1. The molecule has 1 aromatic carbocycles. The van der Waals surface area contributed by atoms with E-state index >= 15 is 0 Å². The van der Waals surface area contributed by atoms with Crippen LogP contribution in [0.1, 0.15) is 46.2 Å². The summed E-state index contributed by atoms with van der Waals surface area (Å²) in [5.74, 6) is 1.44. The first-order chi connectivity index (χ1) is 12.8. The van der Waals surface area contributed by atoms with Crippen LogP contribution in [-0.2, 0) is 13.2 Å². The summed E-state index contributed by atoms with van der Waals surface area (Å²) in [6.45, 7) is 8.90. The van der Waals surface area contributed by atoms with E-state index in [-0.39, 0.29) is 17.6 Å². The molecular weight excluding hydrogens is 346 g/mol. The average Bonchev–Trinajstić information content (AvgIpc) is 2.63. The summed E-state index contributed by atoms with van der Waals surface area (Å²) in [6.07, 6.45) is 1.85. The van der Waals surface area contributed by atoms with E-state index in [2.05, 4.69) is 27.7 Å². The molecule has 2 aromatic rings. The number of methoxy groups -OCH3 is 2. The fourth-order valence-electron chi connectivity index (χ4n) is 3.14. The molecular formula is C21H31NO5. The zero-order valence-corrected chi connectivity index (χ0v) is 17.2. The van der Waals surface area contributed by atoms with Crippen molar-refractivity contribution >= 4 is 10.8 Å². The van der Waals surface area contributed by atoms with Gasteiger partial charge in [0, 0.05) is 6.54 Å². The van der Waals surface area contributed by atoms with Gasteiger partial charge in [-0.05, 0) is 24.0 Å². The predicted octanol–water partition coefficient (Wildman–Crippen LogP) is 3.74. The van der Waals surface area contributed by atoms with Gasteiger partial charge in [0.25, 0.3) is 5.56 Å². The summed E-state index contributed by atoms with van der Waals surface area (Å²) in [6, 6.07) is 3.45. The smallest absolute Gasteiger partial charge is 0.259 e. The molecule has 0 radical (unpaired) electrons. The first kappa shape index (κ1) is 21.1. The molecule has 0 aliphatic rings. The van der Waals surface area contributed by atoms with Crippen LogP contribution >= 0.6 is 0 Å². The third kappa shape index (κ3) is 4.38. The summed E-state index contributed by atoms with van der Waals surface area (Å²) in [5.41, 5.74) is 0.149. The highest BCUT2D eigenvalue weighted by Crippen LogP contribution is 2.41. The number of nitrogens with zero attached hydrogens (tertiary/aromatic N) is 1. The summed E-state index contributed by atoms with van der Waals surface area (Å²) in [7, 11) is 3.08. The van der Waals surface area contributed by atoms with Gasteiger partial charge in [-0.25, -0.2) is 0 Å². The van der Waals surface area contributed by atoms with Crippen molar-refractivity contribution in [2.75, 3.05) is 20.8 Å². The molecule has 6 nitrogen and oxygen atoms in total. The molecule has 0 amide bonds. The quantitative estimate of drug-likeness (QED) is 0.710. The molecule has 27 heavy (non-hydrogen) atoms. The maximum atomic E-state index is 13.2. The highest BCUT2D eigenvalue weighted by atomic mass is 16.5. The maximum absolute atomic E-state index is 13.2. The molecule has 0 saturated carbocycles. The highest BCUT2D eigenvalue weighted by Gasteiger charge is 2.25. The minimum Gasteiger partial charge on any atom is -0.493 e. The Balaban J connectivity index is 2.90. The van der Waals surface area contributed by atoms with Crippen LogP contribution in [0.25, 0.3) is 10.8 Å². The van der Waals surface area contributed by atoms with E-state index in [0.29, 0.717) is 46.9 Å². The van der Waals surface area contributed by atoms with E-state index in [9.17, 15) is 9.90 Å². The Bertz CT molecular complexity index is 848. The van der Waals surface area contributed by atoms with E-state index in [1.807, 2.05) is 0 Å². The Labute approximate surface area is 160 Å². The molecule has 0 saturated heterocycles. The van der Waals surface area contributed by atoms with E-state index in [0.717, 1.165) is 12.8 Å². The molecule has 6 heteroatoms. The lowest BCUT2D eigenvalue weighted by molar-refractivity contribution is 0.237. The van der Waals surface area contributed by atoms with Crippen molar-refractivity contribution in [1.29, 1.82) is 0 Å². The van der Waals surface area contributed by atoms with Gasteiger partial charge in [-0.3, -0.25) is 4.79 Å². The van der Waals surface area contributed by atoms with Crippen LogP contribution in [0, 0.1) is 5.41 Å². The van der Waals surface area contributed by atoms with E-state index in [1.54, 1.807) is 23.8 Å². The normalized spacial score (nSPS) is 11.7. The predicted molar refractivity (Wildman–Crippen MR) is 107 cm³/mol. The van der Waals surface area contributed by atoms with Gasteiger partial charge in [-0.15, -0.1) is 0 Å². The number of aromatic nitrogens is 1. The van der Waals surface area contributed by atoms with Gasteiger partial charge in [0.1, 0.15) is 0 Å². The first-order valence-corrected chi connectivity index (χ1v) is 9.33. The Morgan fingerprint density at radius 3 is 2.33 bits per heavy atom. The number of fused-ring (bicyclic) bond motifs is 1. The van der Waals surface area contributed by atoms with Crippen molar-refractivity contribution in [2.45, 2.75) is 53.7 Å². The first-order valence-electron chi connectivity index (χ1n) is 9.33. The molecule has 150 valence electrons. The van der Waals surface area contributed by atoms with Crippen LogP contribution in [-0.4, -0.2) is 30.5 Å². The Kier molecular flexibility index (Phi) is 6.76. The molecule has 0 atom stereocenters. The van der Waals surface area contributed by atoms with Crippen LogP contribution in [0.2, 0.25) is 0 Å². The topological polar surface area (TPSA) is 69.9 Å². The number of aliphatic hydroxyl groups is 1. The fourth-order valence-corrected chi connectivity index (χ4v) is 3.14. The molecule has 1 aromatic heterocycles. The van der Waals surface area contributed by atoms with Crippen molar-refractivity contribution in [1.82, 2.24) is 4.57 Å². The van der Waals surface area contributed by atoms with Gasteiger partial charge in [-0.2, -0.15) is 0 Å². The number of aliphatic hydroxyl groups excluding tert-OH is 1. The summed E-state index contributed by atoms with van der Waals surface area (Å²) in [5, 5.41) is 11.1. The minimum atomic E-state index is -0.302. The maximum Gasteiger partial charge on any atom is 0.259 e. The second kappa shape index (κ2) is 8.65. The highest BCUT2D eigenvalue weighted by molar-refractivity contribution is 5.96. The van der Waals surface area contributed by atoms with Crippen molar-refractivity contribution in [3.63, 3.8) is 0 Å². The van der Waals surface area contributed by atoms with Crippen LogP contribution in [0.15, 0.2) is 16.9 Å². The van der Waals surface area contributed by atoms with E-state index < -0.39 is 0 Å². The lowest BCUT2D eigenvalue weighted by Crippen LogP contribution is -2.30. The zero-order chi connectivity index (χ0) is 20.2. The van der Waals surface area contributed by atoms with Crippen molar-refractivity contribution in [3.8, 4) is 17.2 Å². The minimum absolute atomic E-state index is 0.140. The standard InChI is InChI=1S/C21H31NO5/c1-7-8-11-27-18-15(12-23)22(13-21(2,3)4)20(24)14-9-10-16(25-5)19(26-6)17(14)18/h9-10,23H,7-8,11-13H2,1-6H3. The van der Waals surface area contributed by atoms with Crippen LogP contribution < -0.4 is 19.8 Å². The number of benzene rings is 1. The molecule has 2 rings (SSSR count). The summed E-state index contributed by atoms with van der Waals surface area (Å²) < 4.78 is 18.7. The third-order valence-electron chi connectivity index (χ3n) is 4.36. The van der Waals surface area contributed by atoms with Crippen molar-refractivity contribution in [2.24, 2.45) is 5.41 Å². The van der Waals surface area contributed by atoms with Gasteiger partial charge in [0.15, 0.2) is 17.2 Å². The largest absolute Gasteiger partial charge is 0.493 e. The second-order valence-corrected chi connectivity index (χ2v) is 7.81. The Hall–Kier alpha value is -2.21. The number of rotatable bonds is 8. The Morgan fingerprint density at radius 1 is 1.11 bits per heavy atom. The summed E-state index contributed by atoms with van der Waals surface area (Å²) in [4.78, 5) is 13.2. The summed E-state index contributed by atoms with van der Waals surface area (Å²) >= 11 is 0. The van der Waals surface area contributed by atoms with E-state index in [4.69, 9.17) is 14.2 Å². The SMILES string of the molecule is CCCCOc1c(CO)n(CC(C)(C)C)c(=O)c2ccc(OC)c(OC)c12. The Morgan fingerprint density at radius 2 is 1.81 bits per heavy atom. The molecule has 0 bridgehead atoms. The lowest BCUT2D eigenvalue weighted by atomic mass is 9.96.